The number of likely N-dealkylation sites (tertiary alicyclic amines) is 1. The normalized spacial score (nSPS) is 18.9. The van der Waals surface area contributed by atoms with Crippen molar-refractivity contribution in [1.82, 2.24) is 4.90 Å². The number of para-hydroxylation sites is 1. The molecule has 1 heterocycles. The third kappa shape index (κ3) is 4.97. The van der Waals surface area contributed by atoms with Crippen LogP contribution in [0.15, 0.2) is 60.1 Å². The predicted molar refractivity (Wildman–Crippen MR) is 124 cm³/mol. The van der Waals surface area contributed by atoms with E-state index in [9.17, 15) is 15.0 Å². The molecule has 3 rings (SSSR count). The van der Waals surface area contributed by atoms with E-state index in [0.717, 1.165) is 17.5 Å². The fourth-order valence-electron chi connectivity index (χ4n) is 4.21. The van der Waals surface area contributed by atoms with Crippen LogP contribution < -0.4 is 17.2 Å². The lowest BCUT2D eigenvalue weighted by Crippen LogP contribution is -2.43. The van der Waals surface area contributed by atoms with E-state index in [1.54, 1.807) is 49.6 Å². The van der Waals surface area contributed by atoms with Gasteiger partial charge in [-0.2, -0.15) is 0 Å². The fourth-order valence-corrected chi connectivity index (χ4v) is 4.21. The summed E-state index contributed by atoms with van der Waals surface area (Å²) < 4.78 is 5.68. The van der Waals surface area contributed by atoms with Gasteiger partial charge in [0.2, 0.25) is 0 Å². The molecule has 0 aromatic heterocycles. The first-order valence-corrected chi connectivity index (χ1v) is 10.3. The lowest BCUT2D eigenvalue weighted by molar-refractivity contribution is 0.0352. The topological polar surface area (TPSA) is 148 Å². The van der Waals surface area contributed by atoms with E-state index in [-0.39, 0.29) is 29.2 Å². The van der Waals surface area contributed by atoms with E-state index in [0.29, 0.717) is 30.0 Å². The Morgan fingerprint density at radius 2 is 1.88 bits per heavy atom. The smallest absolute Gasteiger partial charge is 0.335 e. The zero-order chi connectivity index (χ0) is 23.4. The highest BCUT2D eigenvalue weighted by Crippen LogP contribution is 2.33. The quantitative estimate of drug-likeness (QED) is 0.432. The molecule has 0 saturated carbocycles. The van der Waals surface area contributed by atoms with Gasteiger partial charge in [0, 0.05) is 37.4 Å². The molecule has 1 saturated heterocycles. The van der Waals surface area contributed by atoms with Crippen molar-refractivity contribution in [3.8, 4) is 5.75 Å². The maximum absolute atomic E-state index is 11.3. The number of phenols is 1. The molecule has 0 amide bonds. The summed E-state index contributed by atoms with van der Waals surface area (Å²) in [6.07, 6.45) is 2.36. The predicted octanol–water partition coefficient (Wildman–Crippen LogP) is 2.29. The number of ether oxygens (including phenoxy) is 1. The molecule has 170 valence electrons. The van der Waals surface area contributed by atoms with Crippen LogP contribution in [0.3, 0.4) is 0 Å². The van der Waals surface area contributed by atoms with E-state index in [4.69, 9.17) is 21.9 Å². The summed E-state index contributed by atoms with van der Waals surface area (Å²) in [6.45, 7) is 3.08. The molecule has 0 spiro atoms. The number of aromatic hydroxyl groups is 1. The average Bonchev–Trinajstić information content (AvgIpc) is 2.76. The van der Waals surface area contributed by atoms with Crippen LogP contribution in [0.1, 0.15) is 39.4 Å². The molecule has 1 aliphatic rings. The molecule has 8 heteroatoms. The van der Waals surface area contributed by atoms with Gasteiger partial charge in [0.05, 0.1) is 17.4 Å². The van der Waals surface area contributed by atoms with Crippen LogP contribution in [0.4, 0.5) is 0 Å². The number of allylic oxidation sites excluding steroid dienone is 1. The first-order chi connectivity index (χ1) is 15.2. The zero-order valence-corrected chi connectivity index (χ0v) is 18.3. The second-order valence-electron chi connectivity index (χ2n) is 8.03. The van der Waals surface area contributed by atoms with Gasteiger partial charge in [-0.3, -0.25) is 0 Å². The Morgan fingerprint density at radius 1 is 1.16 bits per heavy atom. The minimum Gasteiger partial charge on any atom is -0.507 e. The van der Waals surface area contributed by atoms with Crippen molar-refractivity contribution in [2.75, 3.05) is 20.2 Å². The average molecular weight is 439 g/mol. The number of hydrogen-bond donors (Lipinski definition) is 5. The molecular formula is C24H30N4O4. The molecule has 0 aliphatic carbocycles. The maximum atomic E-state index is 11.3. The Morgan fingerprint density at radius 3 is 2.47 bits per heavy atom. The molecule has 8 N–H and O–H groups in total. The number of carboxylic acids is 1. The lowest BCUT2D eigenvalue weighted by Gasteiger charge is -2.40. The number of aromatic carboxylic acids is 1. The van der Waals surface area contributed by atoms with Gasteiger partial charge in [-0.05, 0) is 54.8 Å². The highest BCUT2D eigenvalue weighted by Gasteiger charge is 2.31. The number of carboxylic acid groups (broad SMARTS) is 1. The summed E-state index contributed by atoms with van der Waals surface area (Å²) in [6, 6.07) is 11.9. The number of phenolic OH excluding ortho intramolecular Hbond substituents is 1. The number of piperidine rings is 1. The van der Waals surface area contributed by atoms with Gasteiger partial charge in [-0.15, -0.1) is 0 Å². The highest BCUT2D eigenvalue weighted by molar-refractivity contribution is 5.87. The summed E-state index contributed by atoms with van der Waals surface area (Å²) in [4.78, 5) is 13.3. The third-order valence-electron chi connectivity index (χ3n) is 5.85. The number of aryl methyl sites for hydroxylation is 1. The van der Waals surface area contributed by atoms with Crippen molar-refractivity contribution in [2.45, 2.75) is 25.4 Å². The number of carbonyl (C=O) groups is 1. The van der Waals surface area contributed by atoms with Crippen LogP contribution in [0.2, 0.25) is 0 Å². The molecule has 2 unspecified atom stereocenters. The van der Waals surface area contributed by atoms with Gasteiger partial charge < -0.3 is 37.1 Å². The standard InChI is InChI=1S/C24H30N4O4/c1-14-9-15(24(30)31)7-8-18(14)16-10-17(32-2)13-28(12-16)21(23(26)27)11-20(25)19-5-3-4-6-22(19)29/h3-9,11,16-17,29H,10,12-13,25-27H2,1-2H3,(H,30,31)/b20-11-. The number of nitrogens with zero attached hydrogens (tertiary/aromatic N) is 1. The van der Waals surface area contributed by atoms with Crippen molar-refractivity contribution in [2.24, 2.45) is 17.2 Å². The molecule has 0 bridgehead atoms. The summed E-state index contributed by atoms with van der Waals surface area (Å²) in [7, 11) is 1.66. The highest BCUT2D eigenvalue weighted by atomic mass is 16.5. The summed E-state index contributed by atoms with van der Waals surface area (Å²) in [5.41, 5.74) is 21.9. The van der Waals surface area contributed by atoms with Crippen LogP contribution in [-0.4, -0.2) is 47.4 Å². The van der Waals surface area contributed by atoms with Crippen LogP contribution in [0.5, 0.6) is 5.75 Å². The van der Waals surface area contributed by atoms with E-state index in [1.165, 1.54) is 0 Å². The number of nitrogens with two attached hydrogens (primary N) is 3. The summed E-state index contributed by atoms with van der Waals surface area (Å²) in [5, 5.41) is 19.4. The number of methoxy groups -OCH3 is 1. The van der Waals surface area contributed by atoms with Crippen LogP contribution in [0, 0.1) is 6.92 Å². The van der Waals surface area contributed by atoms with Gasteiger partial charge in [0.1, 0.15) is 11.6 Å². The van der Waals surface area contributed by atoms with Crippen LogP contribution in [0.25, 0.3) is 5.70 Å². The summed E-state index contributed by atoms with van der Waals surface area (Å²) >= 11 is 0. The first-order valence-electron chi connectivity index (χ1n) is 10.3. The van der Waals surface area contributed by atoms with E-state index >= 15 is 0 Å². The van der Waals surface area contributed by atoms with E-state index < -0.39 is 5.97 Å². The molecule has 2 aromatic rings. The van der Waals surface area contributed by atoms with Gasteiger partial charge in [0.15, 0.2) is 0 Å². The van der Waals surface area contributed by atoms with Crippen molar-refractivity contribution in [3.05, 3.63) is 82.3 Å². The second kappa shape index (κ2) is 9.65. The van der Waals surface area contributed by atoms with Gasteiger partial charge >= 0.3 is 5.97 Å². The number of hydrogen-bond acceptors (Lipinski definition) is 7. The van der Waals surface area contributed by atoms with Crippen molar-refractivity contribution >= 4 is 11.7 Å². The molecule has 1 aliphatic heterocycles. The van der Waals surface area contributed by atoms with Crippen LogP contribution in [-0.2, 0) is 4.74 Å². The Balaban J connectivity index is 1.95. The van der Waals surface area contributed by atoms with Crippen molar-refractivity contribution in [1.29, 1.82) is 0 Å². The largest absolute Gasteiger partial charge is 0.507 e. The number of benzene rings is 2. The Hall–Kier alpha value is -3.65. The fraction of sp³-hybridized carbons (Fsp3) is 0.292. The Bertz CT molecular complexity index is 1060. The Kier molecular flexibility index (Phi) is 6.95. The lowest BCUT2D eigenvalue weighted by atomic mass is 9.85. The third-order valence-corrected chi connectivity index (χ3v) is 5.85. The maximum Gasteiger partial charge on any atom is 0.335 e. The molecule has 8 nitrogen and oxygen atoms in total. The first kappa shape index (κ1) is 23.0. The van der Waals surface area contributed by atoms with Crippen molar-refractivity contribution < 1.29 is 19.7 Å². The monoisotopic (exact) mass is 438 g/mol. The molecule has 0 radical (unpaired) electrons. The van der Waals surface area contributed by atoms with Gasteiger partial charge in [0.25, 0.3) is 0 Å². The number of rotatable bonds is 6. The van der Waals surface area contributed by atoms with E-state index in [1.807, 2.05) is 17.9 Å². The van der Waals surface area contributed by atoms with Gasteiger partial charge in [-0.25, -0.2) is 4.79 Å². The van der Waals surface area contributed by atoms with Crippen LogP contribution >= 0.6 is 0 Å². The molecule has 1 fully saturated rings. The SMILES string of the molecule is COC1CC(c2ccc(C(=O)O)cc2C)CN(C(/C=C(\N)c2ccccc2O)=C(N)N)C1. The molecule has 32 heavy (non-hydrogen) atoms. The van der Waals surface area contributed by atoms with Gasteiger partial charge in [-0.1, -0.05) is 18.2 Å². The molecular weight excluding hydrogens is 408 g/mol. The zero-order valence-electron chi connectivity index (χ0n) is 18.3. The summed E-state index contributed by atoms with van der Waals surface area (Å²) in [5.74, 6) is -0.704. The Labute approximate surface area is 187 Å². The molecule has 2 atom stereocenters. The van der Waals surface area contributed by atoms with E-state index in [2.05, 4.69) is 0 Å². The van der Waals surface area contributed by atoms with Crippen molar-refractivity contribution in [3.63, 3.8) is 0 Å². The second-order valence-corrected chi connectivity index (χ2v) is 8.03. The molecule has 2 aromatic carbocycles. The minimum absolute atomic E-state index is 0.0663. The minimum atomic E-state index is -0.953.